The van der Waals surface area contributed by atoms with Crippen molar-refractivity contribution in [1.82, 2.24) is 10.6 Å². The first-order chi connectivity index (χ1) is 8.17. The van der Waals surface area contributed by atoms with Crippen molar-refractivity contribution < 1.29 is 9.53 Å². The van der Waals surface area contributed by atoms with Gasteiger partial charge in [-0.15, -0.1) is 0 Å². The zero-order chi connectivity index (χ0) is 12.7. The number of rotatable bonds is 6. The molecule has 0 fully saturated rings. The highest BCUT2D eigenvalue weighted by atomic mass is 16.5. The molecular formula is C13H20N2O2. The maximum atomic E-state index is 11.5. The van der Waals surface area contributed by atoms with E-state index in [0.29, 0.717) is 13.0 Å². The van der Waals surface area contributed by atoms with E-state index in [2.05, 4.69) is 10.6 Å². The van der Waals surface area contributed by atoms with Crippen molar-refractivity contribution in [2.24, 2.45) is 0 Å². The van der Waals surface area contributed by atoms with Gasteiger partial charge in [-0.25, -0.2) is 0 Å². The summed E-state index contributed by atoms with van der Waals surface area (Å²) in [6.45, 7) is 2.67. The Labute approximate surface area is 102 Å². The fourth-order valence-corrected chi connectivity index (χ4v) is 1.53. The van der Waals surface area contributed by atoms with Gasteiger partial charge in [-0.1, -0.05) is 12.1 Å². The second-order valence-electron chi connectivity index (χ2n) is 3.92. The van der Waals surface area contributed by atoms with Crippen molar-refractivity contribution >= 4 is 5.91 Å². The molecule has 1 aromatic carbocycles. The molecule has 0 bridgehead atoms. The Kier molecular flexibility index (Phi) is 5.49. The van der Waals surface area contributed by atoms with Crippen LogP contribution in [0.2, 0.25) is 0 Å². The lowest BCUT2D eigenvalue weighted by Crippen LogP contribution is -2.28. The third-order valence-electron chi connectivity index (χ3n) is 2.60. The summed E-state index contributed by atoms with van der Waals surface area (Å²) in [6.07, 6.45) is 0.497. The van der Waals surface area contributed by atoms with Gasteiger partial charge >= 0.3 is 0 Å². The zero-order valence-corrected chi connectivity index (χ0v) is 10.6. The van der Waals surface area contributed by atoms with Gasteiger partial charge in [0.25, 0.3) is 0 Å². The van der Waals surface area contributed by atoms with Crippen LogP contribution in [-0.2, 0) is 4.79 Å². The van der Waals surface area contributed by atoms with Crippen molar-refractivity contribution in [3.8, 4) is 5.75 Å². The minimum Gasteiger partial charge on any atom is -0.497 e. The van der Waals surface area contributed by atoms with Crippen LogP contribution in [0.5, 0.6) is 5.75 Å². The summed E-state index contributed by atoms with van der Waals surface area (Å²) in [4.78, 5) is 11.5. The average Bonchev–Trinajstić information content (AvgIpc) is 2.36. The molecule has 4 heteroatoms. The second kappa shape index (κ2) is 6.91. The summed E-state index contributed by atoms with van der Waals surface area (Å²) in [7, 11) is 3.47. The Bertz CT molecular complexity index is 349. The Morgan fingerprint density at radius 3 is 2.53 bits per heavy atom. The van der Waals surface area contributed by atoms with Crippen LogP contribution in [0.15, 0.2) is 24.3 Å². The topological polar surface area (TPSA) is 50.4 Å². The van der Waals surface area contributed by atoms with Crippen LogP contribution in [0.25, 0.3) is 0 Å². The number of carbonyl (C=O) groups is 1. The summed E-state index contributed by atoms with van der Waals surface area (Å²) in [5, 5.41) is 5.90. The highest BCUT2D eigenvalue weighted by Gasteiger charge is 2.08. The minimum atomic E-state index is 0.0188. The van der Waals surface area contributed by atoms with Gasteiger partial charge in [-0.3, -0.25) is 4.79 Å². The molecule has 0 aliphatic rings. The predicted molar refractivity (Wildman–Crippen MR) is 68.1 cm³/mol. The number of nitrogens with one attached hydrogen (secondary N) is 2. The van der Waals surface area contributed by atoms with E-state index < -0.39 is 0 Å². The first kappa shape index (κ1) is 13.5. The molecule has 94 valence electrons. The summed E-state index contributed by atoms with van der Waals surface area (Å²) in [5.74, 6) is 0.880. The highest BCUT2D eigenvalue weighted by molar-refractivity contribution is 5.76. The van der Waals surface area contributed by atoms with Crippen LogP contribution in [-0.4, -0.2) is 26.6 Å². The van der Waals surface area contributed by atoms with E-state index in [0.717, 1.165) is 11.3 Å². The maximum absolute atomic E-state index is 11.5. The molecule has 0 aliphatic heterocycles. The summed E-state index contributed by atoms with van der Waals surface area (Å²) in [6, 6.07) is 7.73. The number of carbonyl (C=O) groups excluding carboxylic acids is 1. The first-order valence-electron chi connectivity index (χ1n) is 5.75. The molecule has 4 nitrogen and oxygen atoms in total. The summed E-state index contributed by atoms with van der Waals surface area (Å²) in [5.41, 5.74) is 1.07. The number of ether oxygens (including phenoxy) is 1. The molecule has 1 atom stereocenters. The van der Waals surface area contributed by atoms with Crippen molar-refractivity contribution in [1.29, 1.82) is 0 Å². The van der Waals surface area contributed by atoms with Crippen LogP contribution >= 0.6 is 0 Å². The van der Waals surface area contributed by atoms with Crippen molar-refractivity contribution in [3.63, 3.8) is 0 Å². The number of methoxy groups -OCH3 is 1. The minimum absolute atomic E-state index is 0.0188. The van der Waals surface area contributed by atoms with E-state index >= 15 is 0 Å². The van der Waals surface area contributed by atoms with E-state index in [9.17, 15) is 4.79 Å². The van der Waals surface area contributed by atoms with Gasteiger partial charge in [-0.05, 0) is 31.7 Å². The molecule has 1 amide bonds. The molecule has 1 rings (SSSR count). The molecule has 1 unspecified atom stereocenters. The standard InChI is InChI=1S/C13H20N2O2/c1-10(15-13(16)8-9-14-2)11-4-6-12(17-3)7-5-11/h4-7,10,14H,8-9H2,1-3H3,(H,15,16). The van der Waals surface area contributed by atoms with Crippen LogP contribution in [0.3, 0.4) is 0 Å². The van der Waals surface area contributed by atoms with E-state index in [-0.39, 0.29) is 11.9 Å². The van der Waals surface area contributed by atoms with Crippen LogP contribution < -0.4 is 15.4 Å². The molecule has 2 N–H and O–H groups in total. The molecule has 17 heavy (non-hydrogen) atoms. The van der Waals surface area contributed by atoms with E-state index in [1.807, 2.05) is 38.2 Å². The van der Waals surface area contributed by atoms with Crippen molar-refractivity contribution in [2.45, 2.75) is 19.4 Å². The quantitative estimate of drug-likeness (QED) is 0.786. The SMILES string of the molecule is CNCCC(=O)NC(C)c1ccc(OC)cc1. The second-order valence-corrected chi connectivity index (χ2v) is 3.92. The van der Waals surface area contributed by atoms with Gasteiger partial charge in [0, 0.05) is 13.0 Å². The third kappa shape index (κ3) is 4.44. The molecule has 0 saturated heterocycles. The number of hydrogen-bond acceptors (Lipinski definition) is 3. The maximum Gasteiger partial charge on any atom is 0.221 e. The van der Waals surface area contributed by atoms with Crippen LogP contribution in [0.4, 0.5) is 0 Å². The monoisotopic (exact) mass is 236 g/mol. The molecule has 1 aromatic rings. The van der Waals surface area contributed by atoms with Gasteiger partial charge < -0.3 is 15.4 Å². The first-order valence-corrected chi connectivity index (χ1v) is 5.75. The molecule has 0 saturated carbocycles. The zero-order valence-electron chi connectivity index (χ0n) is 10.6. The Morgan fingerprint density at radius 1 is 1.35 bits per heavy atom. The molecular weight excluding hydrogens is 216 g/mol. The summed E-state index contributed by atoms with van der Waals surface area (Å²) < 4.78 is 5.09. The number of hydrogen-bond donors (Lipinski definition) is 2. The predicted octanol–water partition coefficient (Wildman–Crippen LogP) is 1.48. The molecule has 0 aliphatic carbocycles. The lowest BCUT2D eigenvalue weighted by atomic mass is 10.1. The van der Waals surface area contributed by atoms with E-state index in [1.165, 1.54) is 0 Å². The van der Waals surface area contributed by atoms with Gasteiger partial charge in [0.05, 0.1) is 13.2 Å². The van der Waals surface area contributed by atoms with Gasteiger partial charge in [-0.2, -0.15) is 0 Å². The molecule has 0 aromatic heterocycles. The Hall–Kier alpha value is -1.55. The number of amides is 1. The lowest BCUT2D eigenvalue weighted by Gasteiger charge is -2.14. The molecule has 0 spiro atoms. The Balaban J connectivity index is 2.51. The van der Waals surface area contributed by atoms with E-state index in [1.54, 1.807) is 7.11 Å². The van der Waals surface area contributed by atoms with Crippen LogP contribution in [0.1, 0.15) is 24.9 Å². The fraction of sp³-hybridized carbons (Fsp3) is 0.462. The van der Waals surface area contributed by atoms with E-state index in [4.69, 9.17) is 4.74 Å². The third-order valence-corrected chi connectivity index (χ3v) is 2.60. The number of benzene rings is 1. The molecule has 0 radical (unpaired) electrons. The van der Waals surface area contributed by atoms with Gasteiger partial charge in [0.1, 0.15) is 5.75 Å². The largest absolute Gasteiger partial charge is 0.497 e. The summed E-state index contributed by atoms with van der Waals surface area (Å²) >= 11 is 0. The van der Waals surface area contributed by atoms with Crippen molar-refractivity contribution in [3.05, 3.63) is 29.8 Å². The Morgan fingerprint density at radius 2 is 2.00 bits per heavy atom. The normalized spacial score (nSPS) is 11.9. The highest BCUT2D eigenvalue weighted by Crippen LogP contribution is 2.17. The van der Waals surface area contributed by atoms with Gasteiger partial charge in [0.2, 0.25) is 5.91 Å². The van der Waals surface area contributed by atoms with Crippen molar-refractivity contribution in [2.75, 3.05) is 20.7 Å². The van der Waals surface area contributed by atoms with Crippen LogP contribution in [0, 0.1) is 0 Å². The fourth-order valence-electron chi connectivity index (χ4n) is 1.53. The smallest absolute Gasteiger partial charge is 0.221 e. The average molecular weight is 236 g/mol. The molecule has 0 heterocycles. The van der Waals surface area contributed by atoms with Gasteiger partial charge in [0.15, 0.2) is 0 Å². The lowest BCUT2D eigenvalue weighted by molar-refractivity contribution is -0.121.